The molecular formula is C52H31NO2. The second-order valence-electron chi connectivity index (χ2n) is 14.3. The van der Waals surface area contributed by atoms with Crippen molar-refractivity contribution in [1.29, 1.82) is 0 Å². The number of hydrogen-bond acceptors (Lipinski definition) is 2. The summed E-state index contributed by atoms with van der Waals surface area (Å²) in [5.74, 6) is 0.860. The summed E-state index contributed by atoms with van der Waals surface area (Å²) in [5.41, 5.74) is 11.8. The summed E-state index contributed by atoms with van der Waals surface area (Å²) in [7, 11) is 0. The molecule has 0 spiro atoms. The Morgan fingerprint density at radius 3 is 1.56 bits per heavy atom. The second-order valence-corrected chi connectivity index (χ2v) is 14.3. The molecule has 0 atom stereocenters. The van der Waals surface area contributed by atoms with Crippen LogP contribution in [0.3, 0.4) is 0 Å². The average molecular weight is 702 g/mol. The lowest BCUT2D eigenvalue weighted by atomic mass is 9.85. The molecule has 3 nitrogen and oxygen atoms in total. The van der Waals surface area contributed by atoms with Crippen LogP contribution in [-0.2, 0) is 0 Å². The first-order valence-corrected chi connectivity index (χ1v) is 18.8. The van der Waals surface area contributed by atoms with Gasteiger partial charge in [-0.3, -0.25) is 0 Å². The molecule has 0 aliphatic carbocycles. The van der Waals surface area contributed by atoms with Crippen molar-refractivity contribution in [2.75, 3.05) is 0 Å². The van der Waals surface area contributed by atoms with E-state index in [9.17, 15) is 0 Å². The number of aromatic nitrogens is 1. The highest BCUT2D eigenvalue weighted by atomic mass is 16.3. The summed E-state index contributed by atoms with van der Waals surface area (Å²) in [6, 6.07) is 67.1. The fourth-order valence-electron chi connectivity index (χ4n) is 9.13. The van der Waals surface area contributed by atoms with Gasteiger partial charge in [0.25, 0.3) is 0 Å². The average Bonchev–Trinajstić information content (AvgIpc) is 3.92. The zero-order valence-electron chi connectivity index (χ0n) is 29.7. The normalized spacial score (nSPS) is 12.0. The van der Waals surface area contributed by atoms with Gasteiger partial charge in [0.15, 0.2) is 0 Å². The van der Waals surface area contributed by atoms with E-state index in [2.05, 4.69) is 174 Å². The van der Waals surface area contributed by atoms with Crippen LogP contribution in [0.25, 0.3) is 116 Å². The number of para-hydroxylation sites is 3. The summed E-state index contributed by atoms with van der Waals surface area (Å²) in [6.45, 7) is 0. The quantitative estimate of drug-likeness (QED) is 0.171. The van der Waals surface area contributed by atoms with Crippen molar-refractivity contribution in [2.24, 2.45) is 0 Å². The van der Waals surface area contributed by atoms with Crippen LogP contribution in [0.2, 0.25) is 0 Å². The van der Waals surface area contributed by atoms with Gasteiger partial charge in [0.05, 0.1) is 11.0 Å². The zero-order chi connectivity index (χ0) is 36.0. The van der Waals surface area contributed by atoms with Crippen LogP contribution in [0.5, 0.6) is 0 Å². The second kappa shape index (κ2) is 11.6. The summed E-state index contributed by atoms with van der Waals surface area (Å²) in [6.07, 6.45) is 0. The van der Waals surface area contributed by atoms with Gasteiger partial charge < -0.3 is 13.4 Å². The smallest absolute Gasteiger partial charge is 0.144 e. The fourth-order valence-corrected chi connectivity index (χ4v) is 9.13. The molecule has 0 aliphatic heterocycles. The number of fused-ring (bicyclic) bond motifs is 10. The van der Waals surface area contributed by atoms with Gasteiger partial charge in [-0.05, 0) is 86.8 Å². The molecule has 9 aromatic carbocycles. The molecule has 0 bridgehead atoms. The Bertz CT molecular complexity index is 3420. The number of furan rings is 2. The minimum absolute atomic E-state index is 0.838. The van der Waals surface area contributed by atoms with Gasteiger partial charge in [0.2, 0.25) is 0 Å². The lowest BCUT2D eigenvalue weighted by Gasteiger charge is -2.17. The Hall–Kier alpha value is -7.36. The van der Waals surface area contributed by atoms with Gasteiger partial charge in [-0.25, -0.2) is 0 Å². The first-order valence-electron chi connectivity index (χ1n) is 18.8. The fraction of sp³-hybridized carbons (Fsp3) is 0. The van der Waals surface area contributed by atoms with Crippen molar-refractivity contribution < 1.29 is 8.83 Å². The van der Waals surface area contributed by atoms with Gasteiger partial charge in [0, 0.05) is 43.7 Å². The minimum Gasteiger partial charge on any atom is -0.456 e. The molecular weight excluding hydrogens is 671 g/mol. The third kappa shape index (κ3) is 4.32. The molecule has 3 heteroatoms. The molecule has 0 N–H and O–H groups in total. The van der Waals surface area contributed by atoms with Crippen molar-refractivity contribution in [1.82, 2.24) is 4.57 Å². The Morgan fingerprint density at radius 2 is 0.855 bits per heavy atom. The molecule has 0 fully saturated rings. The minimum atomic E-state index is 0.838. The van der Waals surface area contributed by atoms with Gasteiger partial charge in [-0.1, -0.05) is 140 Å². The molecule has 0 amide bonds. The Kier molecular flexibility index (Phi) is 6.34. The molecule has 12 rings (SSSR count). The van der Waals surface area contributed by atoms with Gasteiger partial charge in [-0.15, -0.1) is 0 Å². The first kappa shape index (κ1) is 30.1. The van der Waals surface area contributed by atoms with E-state index in [0.29, 0.717) is 0 Å². The van der Waals surface area contributed by atoms with Gasteiger partial charge in [-0.2, -0.15) is 0 Å². The van der Waals surface area contributed by atoms with Gasteiger partial charge in [0.1, 0.15) is 22.5 Å². The van der Waals surface area contributed by atoms with Crippen LogP contribution in [0, 0.1) is 0 Å². The number of benzene rings is 9. The van der Waals surface area contributed by atoms with Crippen LogP contribution in [0.15, 0.2) is 197 Å². The number of hydrogen-bond donors (Lipinski definition) is 0. The van der Waals surface area contributed by atoms with Crippen molar-refractivity contribution in [3.05, 3.63) is 188 Å². The first-order chi connectivity index (χ1) is 27.3. The summed E-state index contributed by atoms with van der Waals surface area (Å²) in [4.78, 5) is 0. The summed E-state index contributed by atoms with van der Waals surface area (Å²) >= 11 is 0. The van der Waals surface area contributed by atoms with Crippen LogP contribution in [0.1, 0.15) is 0 Å². The van der Waals surface area contributed by atoms with Crippen molar-refractivity contribution in [3.8, 4) is 39.3 Å². The molecule has 3 heterocycles. The zero-order valence-corrected chi connectivity index (χ0v) is 29.7. The van der Waals surface area contributed by atoms with E-state index in [4.69, 9.17) is 8.83 Å². The van der Waals surface area contributed by atoms with E-state index in [1.807, 2.05) is 18.2 Å². The van der Waals surface area contributed by atoms with Crippen molar-refractivity contribution >= 4 is 76.3 Å². The van der Waals surface area contributed by atoms with Crippen molar-refractivity contribution in [3.63, 3.8) is 0 Å². The van der Waals surface area contributed by atoms with Crippen LogP contribution >= 0.6 is 0 Å². The predicted molar refractivity (Wildman–Crippen MR) is 229 cm³/mol. The third-order valence-electron chi connectivity index (χ3n) is 11.4. The Labute approximate surface area is 315 Å². The molecule has 12 aromatic rings. The number of rotatable bonds is 4. The third-order valence-corrected chi connectivity index (χ3v) is 11.4. The van der Waals surface area contributed by atoms with Gasteiger partial charge >= 0.3 is 0 Å². The lowest BCUT2D eigenvalue weighted by molar-refractivity contribution is 0.633. The van der Waals surface area contributed by atoms with Crippen LogP contribution < -0.4 is 0 Å². The maximum Gasteiger partial charge on any atom is 0.144 e. The SMILES string of the molecule is c1ccc(-c2c(-c3c4ccccc4c(-c4ccc5c(c4)c4ccccc4n5-c4ccccc4)c4ccccc34)oc3ccc4oc5ccccc5c4c23)cc1. The van der Waals surface area contributed by atoms with Crippen LogP contribution in [0.4, 0.5) is 0 Å². The van der Waals surface area contributed by atoms with E-state index in [-0.39, 0.29) is 0 Å². The summed E-state index contributed by atoms with van der Waals surface area (Å²) < 4.78 is 15.9. The maximum atomic E-state index is 7.13. The van der Waals surface area contributed by atoms with E-state index in [0.717, 1.165) is 71.8 Å². The molecule has 0 aliphatic rings. The van der Waals surface area contributed by atoms with E-state index in [1.165, 1.54) is 43.7 Å². The highest BCUT2D eigenvalue weighted by Gasteiger charge is 2.26. The van der Waals surface area contributed by atoms with E-state index < -0.39 is 0 Å². The topological polar surface area (TPSA) is 31.2 Å². The Morgan fingerprint density at radius 1 is 0.309 bits per heavy atom. The predicted octanol–water partition coefficient (Wildman–Crippen LogP) is 14.7. The molecule has 3 aromatic heterocycles. The molecule has 256 valence electrons. The van der Waals surface area contributed by atoms with Crippen molar-refractivity contribution in [2.45, 2.75) is 0 Å². The molecule has 0 radical (unpaired) electrons. The monoisotopic (exact) mass is 701 g/mol. The highest BCUT2D eigenvalue weighted by Crippen LogP contribution is 2.51. The number of nitrogens with zero attached hydrogens (tertiary/aromatic N) is 1. The molecule has 55 heavy (non-hydrogen) atoms. The lowest BCUT2D eigenvalue weighted by Crippen LogP contribution is -1.93. The molecule has 0 unspecified atom stereocenters. The maximum absolute atomic E-state index is 7.13. The molecule has 0 saturated heterocycles. The Balaban J connectivity index is 1.19. The largest absolute Gasteiger partial charge is 0.456 e. The standard InChI is InChI=1S/C52H31NO2/c1-3-15-32(16-4-1)48-51-46(30-29-45-50(51)40-24-12-14-26-44(40)54-45)55-52(48)49-38-22-9-7-20-36(38)47(37-21-8-10-23-39(37)49)33-27-28-43-41(31-33)35-19-11-13-25-42(35)53(43)34-17-5-2-6-18-34/h1-31H. The summed E-state index contributed by atoms with van der Waals surface area (Å²) in [5, 5.41) is 10.4. The molecule has 0 saturated carbocycles. The van der Waals surface area contributed by atoms with Crippen LogP contribution in [-0.4, -0.2) is 4.57 Å². The highest BCUT2D eigenvalue weighted by molar-refractivity contribution is 6.28. The van der Waals surface area contributed by atoms with E-state index in [1.54, 1.807) is 0 Å². The van der Waals surface area contributed by atoms with E-state index >= 15 is 0 Å².